The van der Waals surface area contributed by atoms with Crippen molar-refractivity contribution >= 4 is 38.8 Å². The average molecular weight is 515 g/mol. The van der Waals surface area contributed by atoms with Gasteiger partial charge in [-0.1, -0.05) is 73.3 Å². The molecule has 2 nitrogen and oxygen atoms in total. The molecule has 1 aliphatic rings. The van der Waals surface area contributed by atoms with E-state index in [2.05, 4.69) is 164 Å². The van der Waals surface area contributed by atoms with E-state index in [4.69, 9.17) is 0 Å². The summed E-state index contributed by atoms with van der Waals surface area (Å²) in [6, 6.07) is 39.6. The van der Waals surface area contributed by atoms with Crippen molar-refractivity contribution in [3.63, 3.8) is 0 Å². The standard InChI is InChI=1S/C38H30N2/c1-26-10-8-13-31(22-26)39-21-7-6-12-28(3)34-24-29(17-19-36(34)39)30-18-20-38-35(25-30)33-15-4-5-16-37(33)40(38)32-14-9-11-27(2)23-32/h4-25H,3H2,1-2H3/b12-6-,21-7-. The lowest BCUT2D eigenvalue weighted by Crippen LogP contribution is -2.11. The molecule has 0 fully saturated rings. The molecule has 0 saturated carbocycles. The minimum Gasteiger partial charge on any atom is -0.317 e. The van der Waals surface area contributed by atoms with Crippen molar-refractivity contribution in [2.75, 3.05) is 4.90 Å². The number of rotatable bonds is 3. The van der Waals surface area contributed by atoms with E-state index in [-0.39, 0.29) is 0 Å². The van der Waals surface area contributed by atoms with Crippen LogP contribution in [0.3, 0.4) is 0 Å². The summed E-state index contributed by atoms with van der Waals surface area (Å²) >= 11 is 0. The van der Waals surface area contributed by atoms with Crippen molar-refractivity contribution < 1.29 is 0 Å². The first-order valence-corrected chi connectivity index (χ1v) is 13.7. The third-order valence-corrected chi connectivity index (χ3v) is 7.79. The van der Waals surface area contributed by atoms with E-state index >= 15 is 0 Å². The number of allylic oxidation sites excluding steroid dienone is 4. The summed E-state index contributed by atoms with van der Waals surface area (Å²) in [6.07, 6.45) is 8.35. The van der Waals surface area contributed by atoms with Gasteiger partial charge in [0.15, 0.2) is 0 Å². The Morgan fingerprint density at radius 2 is 1.27 bits per heavy atom. The maximum absolute atomic E-state index is 4.42. The van der Waals surface area contributed by atoms with Crippen LogP contribution in [-0.2, 0) is 0 Å². The molecule has 1 aliphatic heterocycles. The first-order chi connectivity index (χ1) is 19.6. The number of nitrogens with zero attached hydrogens (tertiary/aromatic N) is 2. The Kier molecular flexibility index (Phi) is 5.75. The maximum Gasteiger partial charge on any atom is 0.0541 e. The zero-order chi connectivity index (χ0) is 27.2. The zero-order valence-electron chi connectivity index (χ0n) is 22.8. The summed E-state index contributed by atoms with van der Waals surface area (Å²) in [5, 5.41) is 2.51. The van der Waals surface area contributed by atoms with Gasteiger partial charge in [-0.2, -0.15) is 0 Å². The third kappa shape index (κ3) is 4.06. The Balaban J connectivity index is 1.39. The van der Waals surface area contributed by atoms with Gasteiger partial charge in [-0.25, -0.2) is 0 Å². The van der Waals surface area contributed by atoms with Crippen LogP contribution in [0.25, 0.3) is 44.2 Å². The molecule has 2 heteroatoms. The fraction of sp³-hybridized carbons (Fsp3) is 0.0526. The Morgan fingerprint density at radius 1 is 0.575 bits per heavy atom. The molecule has 0 atom stereocenters. The molecule has 1 aromatic heterocycles. The van der Waals surface area contributed by atoms with Crippen LogP contribution in [0, 0.1) is 13.8 Å². The number of aryl methyl sites for hydroxylation is 2. The van der Waals surface area contributed by atoms with Crippen LogP contribution in [0.5, 0.6) is 0 Å². The molecular formula is C38H30N2. The van der Waals surface area contributed by atoms with Gasteiger partial charge in [0.2, 0.25) is 0 Å². The molecule has 0 amide bonds. The Morgan fingerprint density at radius 3 is 2.10 bits per heavy atom. The molecular weight excluding hydrogens is 484 g/mol. The van der Waals surface area contributed by atoms with E-state index in [0.717, 1.165) is 22.5 Å². The second kappa shape index (κ2) is 9.59. The Bertz CT molecular complexity index is 2000. The minimum absolute atomic E-state index is 0.996. The quantitative estimate of drug-likeness (QED) is 0.228. The summed E-state index contributed by atoms with van der Waals surface area (Å²) in [5.41, 5.74) is 12.9. The van der Waals surface area contributed by atoms with Gasteiger partial charge in [0.05, 0.1) is 16.7 Å². The summed E-state index contributed by atoms with van der Waals surface area (Å²) in [4.78, 5) is 2.25. The number of hydrogen-bond donors (Lipinski definition) is 0. The number of anilines is 2. The first kappa shape index (κ1) is 24.0. The van der Waals surface area contributed by atoms with Crippen LogP contribution in [0.2, 0.25) is 0 Å². The molecule has 0 radical (unpaired) electrons. The predicted molar refractivity (Wildman–Crippen MR) is 172 cm³/mol. The number of para-hydroxylation sites is 1. The highest BCUT2D eigenvalue weighted by molar-refractivity contribution is 6.10. The molecule has 7 rings (SSSR count). The van der Waals surface area contributed by atoms with Crippen LogP contribution in [0.1, 0.15) is 16.7 Å². The Labute approximate surface area is 235 Å². The van der Waals surface area contributed by atoms with E-state index in [1.54, 1.807) is 0 Å². The highest BCUT2D eigenvalue weighted by Gasteiger charge is 2.17. The lowest BCUT2D eigenvalue weighted by molar-refractivity contribution is 1.17. The molecule has 0 spiro atoms. The largest absolute Gasteiger partial charge is 0.317 e. The van der Waals surface area contributed by atoms with Crippen molar-refractivity contribution in [3.8, 4) is 16.8 Å². The normalized spacial score (nSPS) is 14.7. The maximum atomic E-state index is 4.42. The van der Waals surface area contributed by atoms with Crippen molar-refractivity contribution in [2.24, 2.45) is 0 Å². The van der Waals surface area contributed by atoms with Gasteiger partial charge in [-0.3, -0.25) is 0 Å². The monoisotopic (exact) mass is 514 g/mol. The summed E-state index contributed by atoms with van der Waals surface area (Å²) in [6.45, 7) is 8.70. The molecule has 192 valence electrons. The molecule has 6 aromatic rings. The van der Waals surface area contributed by atoms with E-state index in [1.165, 1.54) is 49.7 Å². The molecule has 2 heterocycles. The second-order valence-corrected chi connectivity index (χ2v) is 10.6. The zero-order valence-corrected chi connectivity index (χ0v) is 22.8. The van der Waals surface area contributed by atoms with E-state index in [1.807, 2.05) is 0 Å². The van der Waals surface area contributed by atoms with Gasteiger partial charge in [-0.05, 0) is 102 Å². The van der Waals surface area contributed by atoms with Crippen LogP contribution in [-0.4, -0.2) is 4.57 Å². The van der Waals surface area contributed by atoms with Crippen molar-refractivity contribution in [2.45, 2.75) is 13.8 Å². The molecule has 5 aromatic carbocycles. The van der Waals surface area contributed by atoms with Gasteiger partial charge < -0.3 is 9.47 Å². The van der Waals surface area contributed by atoms with E-state index in [9.17, 15) is 0 Å². The minimum atomic E-state index is 0.996. The van der Waals surface area contributed by atoms with E-state index < -0.39 is 0 Å². The van der Waals surface area contributed by atoms with Crippen molar-refractivity contribution in [3.05, 3.63) is 157 Å². The topological polar surface area (TPSA) is 8.17 Å². The van der Waals surface area contributed by atoms with Gasteiger partial charge >= 0.3 is 0 Å². The lowest BCUT2D eigenvalue weighted by Gasteiger charge is -2.26. The SMILES string of the molecule is C=C1/C=C\C=C/N(c2cccc(C)c2)c2ccc(-c3ccc4c(c3)c3ccccc3n4-c3cccc(C)c3)cc21. The fourth-order valence-corrected chi connectivity index (χ4v) is 5.86. The highest BCUT2D eigenvalue weighted by atomic mass is 15.1. The molecule has 0 aliphatic carbocycles. The summed E-state index contributed by atoms with van der Waals surface area (Å²) < 4.78 is 2.38. The predicted octanol–water partition coefficient (Wildman–Crippen LogP) is 10.3. The van der Waals surface area contributed by atoms with Crippen molar-refractivity contribution in [1.29, 1.82) is 0 Å². The smallest absolute Gasteiger partial charge is 0.0541 e. The lowest BCUT2D eigenvalue weighted by atomic mass is 9.95. The number of benzene rings is 5. The molecule has 0 bridgehead atoms. The summed E-state index contributed by atoms with van der Waals surface area (Å²) in [5.74, 6) is 0. The number of fused-ring (bicyclic) bond motifs is 4. The van der Waals surface area contributed by atoms with Gasteiger partial charge in [0, 0.05) is 33.9 Å². The van der Waals surface area contributed by atoms with Crippen molar-refractivity contribution in [1.82, 2.24) is 4.57 Å². The molecule has 0 N–H and O–H groups in total. The van der Waals surface area contributed by atoms with Crippen LogP contribution in [0.15, 0.2) is 140 Å². The van der Waals surface area contributed by atoms with Crippen LogP contribution in [0.4, 0.5) is 11.4 Å². The van der Waals surface area contributed by atoms with Crippen LogP contribution < -0.4 is 4.90 Å². The van der Waals surface area contributed by atoms with Gasteiger partial charge in [-0.15, -0.1) is 0 Å². The summed E-state index contributed by atoms with van der Waals surface area (Å²) in [7, 11) is 0. The average Bonchev–Trinajstić information content (AvgIpc) is 3.30. The van der Waals surface area contributed by atoms with Crippen LogP contribution >= 0.6 is 0 Å². The number of aromatic nitrogens is 1. The molecule has 0 saturated heterocycles. The third-order valence-electron chi connectivity index (χ3n) is 7.79. The van der Waals surface area contributed by atoms with Gasteiger partial charge in [0.25, 0.3) is 0 Å². The first-order valence-electron chi connectivity index (χ1n) is 13.7. The number of hydrogen-bond acceptors (Lipinski definition) is 1. The highest BCUT2D eigenvalue weighted by Crippen LogP contribution is 2.39. The fourth-order valence-electron chi connectivity index (χ4n) is 5.86. The van der Waals surface area contributed by atoms with E-state index in [0.29, 0.717) is 0 Å². The van der Waals surface area contributed by atoms with Gasteiger partial charge in [0.1, 0.15) is 0 Å². The molecule has 40 heavy (non-hydrogen) atoms. The Hall–Kier alpha value is -5.08. The molecule has 0 unspecified atom stereocenters. The second-order valence-electron chi connectivity index (χ2n) is 10.6.